The fourth-order valence-electron chi connectivity index (χ4n) is 5.65. The number of aromatic amines is 1. The maximum atomic E-state index is 13.5. The Bertz CT molecular complexity index is 1110. The molecule has 5 rings (SSSR count). The van der Waals surface area contributed by atoms with Gasteiger partial charge in [0.1, 0.15) is 17.5 Å². The van der Waals surface area contributed by atoms with Crippen LogP contribution >= 0.6 is 0 Å². The molecule has 0 radical (unpaired) electrons. The van der Waals surface area contributed by atoms with Gasteiger partial charge in [-0.15, -0.1) is 0 Å². The summed E-state index contributed by atoms with van der Waals surface area (Å²) >= 11 is 0. The zero-order chi connectivity index (χ0) is 22.1. The van der Waals surface area contributed by atoms with Crippen molar-refractivity contribution in [3.05, 3.63) is 59.3 Å². The predicted molar refractivity (Wildman–Crippen MR) is 126 cm³/mol. The lowest BCUT2D eigenvalue weighted by Crippen LogP contribution is -2.40. The van der Waals surface area contributed by atoms with Gasteiger partial charge in [-0.05, 0) is 48.6 Å². The van der Waals surface area contributed by atoms with Crippen LogP contribution in [0.1, 0.15) is 61.4 Å². The summed E-state index contributed by atoms with van der Waals surface area (Å²) < 4.78 is 11.2. The van der Waals surface area contributed by atoms with Gasteiger partial charge >= 0.3 is 0 Å². The van der Waals surface area contributed by atoms with E-state index in [1.54, 1.807) is 14.2 Å². The third kappa shape index (κ3) is 3.74. The molecule has 1 amide bonds. The van der Waals surface area contributed by atoms with Crippen LogP contribution in [0.5, 0.6) is 11.5 Å². The second kappa shape index (κ2) is 8.89. The van der Waals surface area contributed by atoms with Crippen molar-refractivity contribution in [1.82, 2.24) is 9.88 Å². The number of carbonyl (C=O) groups is 1. The summed E-state index contributed by atoms with van der Waals surface area (Å²) in [5.74, 6) is 2.62. The minimum absolute atomic E-state index is 0.177. The van der Waals surface area contributed by atoms with Crippen LogP contribution in [0.2, 0.25) is 0 Å². The lowest BCUT2D eigenvalue weighted by molar-refractivity contribution is -0.133. The normalized spacial score (nSPS) is 18.7. The van der Waals surface area contributed by atoms with Crippen molar-refractivity contribution in [1.29, 1.82) is 0 Å². The molecule has 2 aromatic carbocycles. The van der Waals surface area contributed by atoms with Crippen molar-refractivity contribution >= 4 is 16.8 Å². The van der Waals surface area contributed by atoms with Crippen LogP contribution in [0.15, 0.2) is 42.5 Å². The highest BCUT2D eigenvalue weighted by Gasteiger charge is 2.36. The zero-order valence-electron chi connectivity index (χ0n) is 19.0. The van der Waals surface area contributed by atoms with Crippen molar-refractivity contribution in [3.63, 3.8) is 0 Å². The largest absolute Gasteiger partial charge is 0.497 e. The van der Waals surface area contributed by atoms with E-state index in [1.807, 2.05) is 24.3 Å². The Balaban J connectivity index is 1.55. The molecular formula is C27H32N2O3. The predicted octanol–water partition coefficient (Wildman–Crippen LogP) is 5.63. The molecule has 2 aliphatic rings. The number of benzene rings is 2. The molecule has 1 saturated carbocycles. The topological polar surface area (TPSA) is 54.6 Å². The number of nitrogens with one attached hydrogen (secondary N) is 1. The zero-order valence-corrected chi connectivity index (χ0v) is 19.0. The summed E-state index contributed by atoms with van der Waals surface area (Å²) in [5.41, 5.74) is 4.48. The smallest absolute Gasteiger partial charge is 0.223 e. The number of hydrogen-bond acceptors (Lipinski definition) is 3. The maximum absolute atomic E-state index is 13.5. The molecule has 1 aliphatic carbocycles. The highest BCUT2D eigenvalue weighted by Crippen LogP contribution is 2.42. The van der Waals surface area contributed by atoms with Crippen LogP contribution in [-0.2, 0) is 11.2 Å². The minimum atomic E-state index is -0.177. The van der Waals surface area contributed by atoms with Crippen molar-refractivity contribution in [2.45, 2.75) is 51.0 Å². The molecule has 1 atom stereocenters. The number of hydrogen-bond donors (Lipinski definition) is 1. The monoisotopic (exact) mass is 432 g/mol. The SMILES string of the molecule is COc1ccc2[nH]c3c(c2c1)CCN(C(=O)CCC1CCCC1)[C@@H]3c1ccccc1OC. The molecule has 168 valence electrons. The number of rotatable bonds is 6. The Morgan fingerprint density at radius 3 is 2.69 bits per heavy atom. The van der Waals surface area contributed by atoms with E-state index in [0.717, 1.165) is 41.1 Å². The van der Waals surface area contributed by atoms with Gasteiger partial charge in [0.2, 0.25) is 5.91 Å². The molecule has 3 aromatic rings. The molecule has 0 saturated heterocycles. The Labute approximate surface area is 189 Å². The van der Waals surface area contributed by atoms with Crippen LogP contribution in [-0.4, -0.2) is 36.6 Å². The maximum Gasteiger partial charge on any atom is 0.223 e. The molecule has 1 fully saturated rings. The third-order valence-corrected chi connectivity index (χ3v) is 7.33. The minimum Gasteiger partial charge on any atom is -0.497 e. The first-order chi connectivity index (χ1) is 15.7. The lowest BCUT2D eigenvalue weighted by atomic mass is 9.91. The average Bonchev–Trinajstić information content (AvgIpc) is 3.49. The number of methoxy groups -OCH3 is 2. The first-order valence-corrected chi connectivity index (χ1v) is 11.8. The summed E-state index contributed by atoms with van der Waals surface area (Å²) in [6.45, 7) is 0.712. The van der Waals surface area contributed by atoms with Crippen molar-refractivity contribution < 1.29 is 14.3 Å². The van der Waals surface area contributed by atoms with Gasteiger partial charge in [-0.2, -0.15) is 0 Å². The molecule has 2 heterocycles. The van der Waals surface area contributed by atoms with Crippen molar-refractivity contribution in [2.24, 2.45) is 5.92 Å². The van der Waals surface area contributed by atoms with Crippen molar-refractivity contribution in [2.75, 3.05) is 20.8 Å². The van der Waals surface area contributed by atoms with Gasteiger partial charge < -0.3 is 19.4 Å². The fraction of sp³-hybridized carbons (Fsp3) is 0.444. The number of H-pyrrole nitrogens is 1. The van der Waals surface area contributed by atoms with E-state index in [9.17, 15) is 4.79 Å². The molecule has 5 nitrogen and oxygen atoms in total. The van der Waals surface area contributed by atoms with Crippen LogP contribution in [0.3, 0.4) is 0 Å². The molecule has 1 N–H and O–H groups in total. The van der Waals surface area contributed by atoms with Crippen LogP contribution in [0, 0.1) is 5.92 Å². The number of para-hydroxylation sites is 1. The first kappa shape index (κ1) is 20.9. The lowest BCUT2D eigenvalue weighted by Gasteiger charge is -2.37. The Morgan fingerprint density at radius 2 is 1.91 bits per heavy atom. The molecule has 0 spiro atoms. The van der Waals surface area contributed by atoms with E-state index in [2.05, 4.69) is 28.1 Å². The van der Waals surface area contributed by atoms with E-state index < -0.39 is 0 Å². The third-order valence-electron chi connectivity index (χ3n) is 7.33. The summed E-state index contributed by atoms with van der Waals surface area (Å²) in [7, 11) is 3.40. The van der Waals surface area contributed by atoms with E-state index in [-0.39, 0.29) is 11.9 Å². The molecule has 1 aromatic heterocycles. The Hall–Kier alpha value is -2.95. The summed E-state index contributed by atoms with van der Waals surface area (Å²) in [6, 6.07) is 14.0. The summed E-state index contributed by atoms with van der Waals surface area (Å²) in [5, 5.41) is 1.18. The number of nitrogens with zero attached hydrogens (tertiary/aromatic N) is 1. The van der Waals surface area contributed by atoms with Gasteiger partial charge in [0.05, 0.1) is 14.2 Å². The van der Waals surface area contributed by atoms with E-state index >= 15 is 0 Å². The van der Waals surface area contributed by atoms with Crippen LogP contribution in [0.25, 0.3) is 10.9 Å². The van der Waals surface area contributed by atoms with E-state index in [0.29, 0.717) is 18.9 Å². The number of carbonyl (C=O) groups excluding carboxylic acids is 1. The first-order valence-electron chi connectivity index (χ1n) is 11.8. The van der Waals surface area contributed by atoms with Crippen LogP contribution in [0.4, 0.5) is 0 Å². The molecular weight excluding hydrogens is 400 g/mol. The standard InChI is InChI=1S/C27H32N2O3/c1-31-19-12-13-23-22(17-19)20-15-16-29(25(30)14-11-18-7-3-4-8-18)27(26(20)28-23)21-9-5-6-10-24(21)32-2/h5-6,9-10,12-13,17-18,27-28H,3-4,7-8,11,14-16H2,1-2H3/t27-/m1/s1. The molecule has 1 aliphatic heterocycles. The molecule has 5 heteroatoms. The van der Waals surface area contributed by atoms with Gasteiger partial charge in [0.15, 0.2) is 0 Å². The van der Waals surface area contributed by atoms with E-state index in [1.165, 1.54) is 36.6 Å². The quantitative estimate of drug-likeness (QED) is 0.549. The molecule has 0 bridgehead atoms. The van der Waals surface area contributed by atoms with Crippen LogP contribution < -0.4 is 9.47 Å². The number of fused-ring (bicyclic) bond motifs is 3. The highest BCUT2D eigenvalue weighted by molar-refractivity contribution is 5.88. The van der Waals surface area contributed by atoms with Crippen molar-refractivity contribution in [3.8, 4) is 11.5 Å². The second-order valence-electron chi connectivity index (χ2n) is 9.10. The Kier molecular flexibility index (Phi) is 5.81. The Morgan fingerprint density at radius 1 is 1.09 bits per heavy atom. The van der Waals surface area contributed by atoms with E-state index in [4.69, 9.17) is 9.47 Å². The van der Waals surface area contributed by atoms with Gasteiger partial charge in [-0.3, -0.25) is 4.79 Å². The van der Waals surface area contributed by atoms with Gasteiger partial charge in [-0.1, -0.05) is 43.9 Å². The van der Waals surface area contributed by atoms with Gasteiger partial charge in [0, 0.05) is 35.1 Å². The number of ether oxygens (including phenoxy) is 2. The number of amides is 1. The summed E-state index contributed by atoms with van der Waals surface area (Å²) in [4.78, 5) is 19.2. The summed E-state index contributed by atoms with van der Waals surface area (Å²) in [6.07, 6.45) is 7.64. The fourth-order valence-corrected chi connectivity index (χ4v) is 5.65. The molecule has 32 heavy (non-hydrogen) atoms. The second-order valence-corrected chi connectivity index (χ2v) is 9.10. The molecule has 0 unspecified atom stereocenters. The van der Waals surface area contributed by atoms with Gasteiger partial charge in [-0.25, -0.2) is 0 Å². The highest BCUT2D eigenvalue weighted by atomic mass is 16.5. The van der Waals surface area contributed by atoms with Gasteiger partial charge in [0.25, 0.3) is 0 Å². The number of aromatic nitrogens is 1. The average molecular weight is 433 g/mol.